The van der Waals surface area contributed by atoms with Crippen LogP contribution in [0.1, 0.15) is 5.56 Å². The van der Waals surface area contributed by atoms with Crippen molar-refractivity contribution in [1.82, 2.24) is 0 Å². The number of hydrogen-bond donors (Lipinski definition) is 0. The lowest BCUT2D eigenvalue weighted by Gasteiger charge is -1.94. The molecule has 10 heavy (non-hydrogen) atoms. The molecule has 0 aliphatic carbocycles. The zero-order valence-corrected chi connectivity index (χ0v) is 6.72. The molecule has 51 valence electrons. The molecule has 0 saturated heterocycles. The van der Waals surface area contributed by atoms with Gasteiger partial charge in [0.05, 0.1) is 0 Å². The molecular weight excluding hydrogens is 139 g/mol. The van der Waals surface area contributed by atoms with E-state index < -0.39 is 0 Å². The van der Waals surface area contributed by atoms with Gasteiger partial charge < -0.3 is 0 Å². The van der Waals surface area contributed by atoms with E-state index in [2.05, 4.69) is 30.8 Å². The van der Waals surface area contributed by atoms with Gasteiger partial charge in [-0.15, -0.1) is 0 Å². The Bertz CT molecular complexity index is 191. The largest absolute Gasteiger partial charge is 0.0982 e. The molecule has 1 heteroatoms. The summed E-state index contributed by atoms with van der Waals surface area (Å²) in [5, 5.41) is 0. The zero-order valence-electron chi connectivity index (χ0n) is 5.83. The lowest BCUT2D eigenvalue weighted by molar-refractivity contribution is 1.41. The number of rotatable bonds is 3. The summed E-state index contributed by atoms with van der Waals surface area (Å²) in [5.74, 6) is 1.92. The molecule has 0 unspecified atom stereocenters. The molecule has 1 aromatic rings. The first-order valence-electron chi connectivity index (χ1n) is 3.25. The quantitative estimate of drug-likeness (QED) is 0.578. The molecule has 0 fully saturated rings. The van der Waals surface area contributed by atoms with Gasteiger partial charge in [-0.1, -0.05) is 42.7 Å². The Morgan fingerprint density at radius 3 is 2.60 bits per heavy atom. The van der Waals surface area contributed by atoms with Gasteiger partial charge in [0, 0.05) is 6.16 Å². The first-order chi connectivity index (χ1) is 4.93. The van der Waals surface area contributed by atoms with E-state index in [-0.39, 0.29) is 0 Å². The second-order valence-electron chi connectivity index (χ2n) is 2.01. The maximum Gasteiger partial charge on any atom is 0.000310 e. The van der Waals surface area contributed by atoms with Crippen molar-refractivity contribution in [3.05, 3.63) is 48.3 Å². The van der Waals surface area contributed by atoms with Crippen LogP contribution in [0.25, 0.3) is 0 Å². The third-order valence-corrected chi connectivity index (χ3v) is 2.05. The number of hydrogen-bond acceptors (Lipinski definition) is 0. The fourth-order valence-corrected chi connectivity index (χ4v) is 1.30. The fourth-order valence-electron chi connectivity index (χ4n) is 0.753. The van der Waals surface area contributed by atoms with Crippen LogP contribution in [-0.2, 0) is 6.16 Å². The number of benzene rings is 1. The Morgan fingerprint density at radius 2 is 2.00 bits per heavy atom. The molecule has 1 rings (SSSR count). The van der Waals surface area contributed by atoms with Crippen molar-refractivity contribution >= 4 is 8.58 Å². The summed E-state index contributed by atoms with van der Waals surface area (Å²) in [7, 11) is 1.29. The summed E-state index contributed by atoms with van der Waals surface area (Å²) < 4.78 is 0. The maximum absolute atomic E-state index is 3.66. The maximum atomic E-state index is 3.66. The molecule has 0 heterocycles. The minimum atomic E-state index is 1.09. The Morgan fingerprint density at radius 1 is 1.30 bits per heavy atom. The molecule has 0 spiro atoms. The highest BCUT2D eigenvalue weighted by Gasteiger charge is 1.86. The summed E-state index contributed by atoms with van der Waals surface area (Å²) in [6.07, 6.45) is 1.09. The normalized spacial score (nSPS) is 10.4. The highest BCUT2D eigenvalue weighted by Crippen LogP contribution is 2.17. The molecule has 0 nitrogen and oxygen atoms in total. The lowest BCUT2D eigenvalue weighted by Crippen LogP contribution is -1.73. The molecule has 0 aliphatic heterocycles. The van der Waals surface area contributed by atoms with E-state index in [1.54, 1.807) is 0 Å². The third kappa shape index (κ3) is 2.33. The SMILES string of the molecule is C=C[P]Cc1ccccc1. The zero-order chi connectivity index (χ0) is 7.23. The van der Waals surface area contributed by atoms with Crippen molar-refractivity contribution < 1.29 is 0 Å². The minimum absolute atomic E-state index is 1.09. The third-order valence-electron chi connectivity index (χ3n) is 1.25. The van der Waals surface area contributed by atoms with E-state index >= 15 is 0 Å². The predicted molar refractivity (Wildman–Crippen MR) is 47.3 cm³/mol. The van der Waals surface area contributed by atoms with Crippen LogP contribution in [0, 0.1) is 0 Å². The second-order valence-corrected chi connectivity index (χ2v) is 3.06. The lowest BCUT2D eigenvalue weighted by atomic mass is 10.2. The van der Waals surface area contributed by atoms with Crippen LogP contribution < -0.4 is 0 Å². The predicted octanol–water partition coefficient (Wildman–Crippen LogP) is 3.28. The molecule has 0 atom stereocenters. The Hall–Kier alpha value is -0.610. The molecule has 0 aromatic heterocycles. The monoisotopic (exact) mass is 149 g/mol. The molecule has 0 N–H and O–H groups in total. The van der Waals surface area contributed by atoms with Gasteiger partial charge in [-0.2, -0.15) is 0 Å². The second kappa shape index (κ2) is 4.24. The van der Waals surface area contributed by atoms with E-state index in [1.165, 1.54) is 14.1 Å². The van der Waals surface area contributed by atoms with Gasteiger partial charge in [0.1, 0.15) is 0 Å². The first-order valence-corrected chi connectivity index (χ1v) is 4.40. The standard InChI is InChI=1S/C9H10P/c1-2-10-8-9-6-4-3-5-7-9/h2-7H,1,8H2. The minimum Gasteiger partial charge on any atom is -0.0982 e. The molecule has 1 aromatic carbocycles. The fraction of sp³-hybridized carbons (Fsp3) is 0.111. The van der Waals surface area contributed by atoms with Gasteiger partial charge >= 0.3 is 0 Å². The van der Waals surface area contributed by atoms with Gasteiger partial charge in [0.15, 0.2) is 0 Å². The Labute approximate surface area is 63.8 Å². The van der Waals surface area contributed by atoms with Gasteiger partial charge in [0.25, 0.3) is 0 Å². The molecule has 0 amide bonds. The van der Waals surface area contributed by atoms with Crippen LogP contribution in [-0.4, -0.2) is 0 Å². The van der Waals surface area contributed by atoms with Crippen molar-refractivity contribution in [1.29, 1.82) is 0 Å². The van der Waals surface area contributed by atoms with Crippen molar-refractivity contribution in [2.24, 2.45) is 0 Å². The summed E-state index contributed by atoms with van der Waals surface area (Å²) >= 11 is 0. The van der Waals surface area contributed by atoms with Crippen LogP contribution in [0.3, 0.4) is 0 Å². The Balaban J connectivity index is 2.50. The molecule has 1 radical (unpaired) electrons. The van der Waals surface area contributed by atoms with E-state index in [0.717, 1.165) is 6.16 Å². The summed E-state index contributed by atoms with van der Waals surface area (Å²) in [6, 6.07) is 10.4. The van der Waals surface area contributed by atoms with E-state index in [4.69, 9.17) is 0 Å². The summed E-state index contributed by atoms with van der Waals surface area (Å²) in [6.45, 7) is 3.66. The van der Waals surface area contributed by atoms with E-state index in [0.29, 0.717) is 0 Å². The molecule has 0 saturated carbocycles. The van der Waals surface area contributed by atoms with Crippen LogP contribution >= 0.6 is 8.58 Å². The van der Waals surface area contributed by atoms with Crippen LogP contribution in [0.2, 0.25) is 0 Å². The molecular formula is C9H10P. The Kier molecular flexibility index (Phi) is 3.18. The van der Waals surface area contributed by atoms with Crippen molar-refractivity contribution in [3.63, 3.8) is 0 Å². The molecule has 0 bridgehead atoms. The van der Waals surface area contributed by atoms with Crippen LogP contribution in [0.4, 0.5) is 0 Å². The van der Waals surface area contributed by atoms with Gasteiger partial charge in [-0.05, 0) is 14.1 Å². The molecule has 0 aliphatic rings. The first kappa shape index (κ1) is 7.50. The van der Waals surface area contributed by atoms with E-state index in [9.17, 15) is 0 Å². The highest BCUT2D eigenvalue weighted by atomic mass is 31.1. The average molecular weight is 149 g/mol. The van der Waals surface area contributed by atoms with Crippen molar-refractivity contribution in [2.45, 2.75) is 6.16 Å². The summed E-state index contributed by atoms with van der Waals surface area (Å²) in [4.78, 5) is 0. The van der Waals surface area contributed by atoms with Crippen molar-refractivity contribution in [2.75, 3.05) is 0 Å². The van der Waals surface area contributed by atoms with E-state index in [1.807, 2.05) is 11.9 Å². The topological polar surface area (TPSA) is 0 Å². The van der Waals surface area contributed by atoms with Gasteiger partial charge in [-0.3, -0.25) is 0 Å². The average Bonchev–Trinajstić information content (AvgIpc) is 2.03. The van der Waals surface area contributed by atoms with Gasteiger partial charge in [0.2, 0.25) is 0 Å². The van der Waals surface area contributed by atoms with Gasteiger partial charge in [-0.25, -0.2) is 0 Å². The van der Waals surface area contributed by atoms with Crippen LogP contribution in [0.5, 0.6) is 0 Å². The smallest absolute Gasteiger partial charge is 0.000310 e. The summed E-state index contributed by atoms with van der Waals surface area (Å²) in [5.41, 5.74) is 1.38. The highest BCUT2D eigenvalue weighted by molar-refractivity contribution is 7.40. The van der Waals surface area contributed by atoms with Crippen molar-refractivity contribution in [3.8, 4) is 0 Å². The van der Waals surface area contributed by atoms with Crippen LogP contribution in [0.15, 0.2) is 42.7 Å².